The van der Waals surface area contributed by atoms with Gasteiger partial charge >= 0.3 is 6.41 Å². The van der Waals surface area contributed by atoms with Crippen LogP contribution < -0.4 is 5.48 Å². The third-order valence-corrected chi connectivity index (χ3v) is 0.263. The van der Waals surface area contributed by atoms with Crippen LogP contribution >= 0.6 is 0 Å². The van der Waals surface area contributed by atoms with E-state index in [1.54, 1.807) is 5.48 Å². The summed E-state index contributed by atoms with van der Waals surface area (Å²) in [5, 5.41) is 0. The van der Waals surface area contributed by atoms with Crippen LogP contribution in [0.5, 0.6) is 0 Å². The number of carbonyl (C=O) groups excluding carboxylic acids is 1. The predicted molar refractivity (Wildman–Crippen MR) is 20.5 cm³/mol. The smallest absolute Gasteiger partial charge is 0.261 e. The lowest BCUT2D eigenvalue weighted by Gasteiger charge is -1.96. The van der Waals surface area contributed by atoms with E-state index in [0.717, 1.165) is 13.3 Å². The van der Waals surface area contributed by atoms with E-state index in [1.165, 1.54) is 0 Å². The number of halogens is 1. The molecule has 4 heteroatoms. The van der Waals surface area contributed by atoms with Crippen molar-refractivity contribution < 1.29 is 14.0 Å². The topological polar surface area (TPSA) is 38.3 Å². The molecule has 1 radical (unpaired) electrons. The van der Waals surface area contributed by atoms with Gasteiger partial charge in [0.15, 0.2) is 0 Å². The first kappa shape index (κ1) is 6.36. The maximum absolute atomic E-state index is 11.4. The lowest BCUT2D eigenvalue weighted by Crippen LogP contribution is -2.15. The molecule has 1 unspecified atom stereocenters. The summed E-state index contributed by atoms with van der Waals surface area (Å²) < 4.78 is 11.4. The average Bonchev–Trinajstić information content (AvgIpc) is 1.61. The molecule has 1 N–H and O–H groups in total. The number of nitrogens with one attached hydrogen (secondary N) is 1. The molecule has 0 aliphatic heterocycles. The minimum atomic E-state index is -1.47. The van der Waals surface area contributed by atoms with Crippen LogP contribution in [-0.2, 0) is 9.63 Å². The van der Waals surface area contributed by atoms with Gasteiger partial charge in [-0.25, -0.2) is 14.7 Å². The zero-order chi connectivity index (χ0) is 5.70. The molecule has 7 heavy (non-hydrogen) atoms. The zero-order valence-corrected chi connectivity index (χ0v) is 3.77. The molecule has 1 amide bonds. The van der Waals surface area contributed by atoms with E-state index in [9.17, 15) is 9.18 Å². The number of rotatable bonds is 3. The van der Waals surface area contributed by atoms with E-state index in [2.05, 4.69) is 4.84 Å². The highest BCUT2D eigenvalue weighted by Gasteiger charge is 1.91. The van der Waals surface area contributed by atoms with Gasteiger partial charge in [0.25, 0.3) is 0 Å². The Hall–Kier alpha value is -0.640. The van der Waals surface area contributed by atoms with Gasteiger partial charge in [-0.05, 0) is 6.92 Å². The molecule has 1 atom stereocenters. The quantitative estimate of drug-likeness (QED) is 0.402. The van der Waals surface area contributed by atoms with Crippen molar-refractivity contribution in [3.63, 3.8) is 0 Å². The van der Waals surface area contributed by atoms with Crippen LogP contribution in [0.4, 0.5) is 4.39 Å². The summed E-state index contributed by atoms with van der Waals surface area (Å²) in [4.78, 5) is 13.0. The van der Waals surface area contributed by atoms with Crippen molar-refractivity contribution in [3.8, 4) is 0 Å². The second kappa shape index (κ2) is 3.55. The van der Waals surface area contributed by atoms with E-state index in [1.807, 2.05) is 0 Å². The summed E-state index contributed by atoms with van der Waals surface area (Å²) in [6.07, 6.45) is -0.334. The Labute approximate surface area is 40.4 Å². The van der Waals surface area contributed by atoms with Gasteiger partial charge < -0.3 is 0 Å². The molecule has 0 aromatic heterocycles. The number of hydrogen-bond acceptors (Lipinski definition) is 2. The maximum Gasteiger partial charge on any atom is 0.335 e. The number of hydroxylamine groups is 1. The van der Waals surface area contributed by atoms with Crippen molar-refractivity contribution in [2.24, 2.45) is 0 Å². The number of alkyl halides is 1. The van der Waals surface area contributed by atoms with Crippen molar-refractivity contribution in [1.29, 1.82) is 0 Å². The third kappa shape index (κ3) is 5.36. The second-order valence-electron chi connectivity index (χ2n) is 0.865. The van der Waals surface area contributed by atoms with Gasteiger partial charge in [0.05, 0.1) is 0 Å². The Morgan fingerprint density at radius 3 is 2.71 bits per heavy atom. The molecule has 0 spiro atoms. The van der Waals surface area contributed by atoms with Crippen LogP contribution in [0, 0.1) is 0 Å². The number of hydrogen-bond donors (Lipinski definition) is 1. The normalized spacial score (nSPS) is 12.9. The summed E-state index contributed by atoms with van der Waals surface area (Å²) in [6.45, 7) is 1.14. The molecule has 0 fully saturated rings. The molecule has 0 rings (SSSR count). The fourth-order valence-electron chi connectivity index (χ4n) is 0.105. The predicted octanol–water partition coefficient (Wildman–Crippen LogP) is -0.110. The van der Waals surface area contributed by atoms with Crippen molar-refractivity contribution in [1.82, 2.24) is 5.48 Å². The maximum atomic E-state index is 11.4. The molecular weight excluding hydrogens is 101 g/mol. The highest BCUT2D eigenvalue weighted by Crippen LogP contribution is 1.83. The SMILES string of the molecule is CC(F)ON[C]=O. The van der Waals surface area contributed by atoms with Gasteiger partial charge in [-0.15, -0.1) is 0 Å². The largest absolute Gasteiger partial charge is 0.335 e. The second-order valence-corrected chi connectivity index (χ2v) is 0.865. The van der Waals surface area contributed by atoms with E-state index in [0.29, 0.717) is 0 Å². The molecule has 0 aromatic carbocycles. The van der Waals surface area contributed by atoms with E-state index in [4.69, 9.17) is 0 Å². The summed E-state index contributed by atoms with van der Waals surface area (Å²) in [6, 6.07) is 0. The Morgan fingerprint density at radius 1 is 2.00 bits per heavy atom. The molecule has 0 saturated heterocycles. The van der Waals surface area contributed by atoms with E-state index in [-0.39, 0.29) is 0 Å². The first-order valence-electron chi connectivity index (χ1n) is 1.69. The highest BCUT2D eigenvalue weighted by atomic mass is 19.1. The molecule has 41 valence electrons. The van der Waals surface area contributed by atoms with Gasteiger partial charge in [0.1, 0.15) is 0 Å². The van der Waals surface area contributed by atoms with Crippen LogP contribution in [0.2, 0.25) is 0 Å². The molecule has 0 saturated carbocycles. The lowest BCUT2D eigenvalue weighted by molar-refractivity contribution is -0.0596. The zero-order valence-electron chi connectivity index (χ0n) is 3.77. The summed E-state index contributed by atoms with van der Waals surface area (Å²) in [5.74, 6) is 0. The summed E-state index contributed by atoms with van der Waals surface area (Å²) >= 11 is 0. The van der Waals surface area contributed by atoms with Crippen LogP contribution in [0.15, 0.2) is 0 Å². The summed E-state index contributed by atoms with van der Waals surface area (Å²) in [5.41, 5.74) is 1.57. The molecule has 0 heterocycles. The van der Waals surface area contributed by atoms with Gasteiger partial charge in [-0.2, -0.15) is 0 Å². The average molecular weight is 106 g/mol. The van der Waals surface area contributed by atoms with Gasteiger partial charge in [0, 0.05) is 0 Å². The first-order chi connectivity index (χ1) is 3.27. The Bertz CT molecular complexity index is 56.9. The Morgan fingerprint density at radius 2 is 2.57 bits per heavy atom. The third-order valence-electron chi connectivity index (χ3n) is 0.263. The molecular formula is C3H5FNO2. The van der Waals surface area contributed by atoms with E-state index >= 15 is 0 Å². The monoisotopic (exact) mass is 106 g/mol. The molecule has 0 bridgehead atoms. The fourth-order valence-corrected chi connectivity index (χ4v) is 0.105. The molecule has 0 aromatic rings. The van der Waals surface area contributed by atoms with Gasteiger partial charge in [-0.1, -0.05) is 0 Å². The highest BCUT2D eigenvalue weighted by molar-refractivity contribution is 5.44. The van der Waals surface area contributed by atoms with Crippen LogP contribution in [0.1, 0.15) is 6.92 Å². The van der Waals surface area contributed by atoms with Crippen molar-refractivity contribution in [2.75, 3.05) is 0 Å². The lowest BCUT2D eigenvalue weighted by atomic mass is 10.8. The minimum absolute atomic E-state index is 1.14. The minimum Gasteiger partial charge on any atom is -0.261 e. The Kier molecular flexibility index (Phi) is 3.22. The van der Waals surface area contributed by atoms with Crippen molar-refractivity contribution >= 4 is 6.41 Å². The first-order valence-corrected chi connectivity index (χ1v) is 1.69. The molecule has 3 nitrogen and oxygen atoms in total. The van der Waals surface area contributed by atoms with Crippen molar-refractivity contribution in [3.05, 3.63) is 0 Å². The van der Waals surface area contributed by atoms with Gasteiger partial charge in [-0.3, -0.25) is 4.79 Å². The van der Waals surface area contributed by atoms with E-state index < -0.39 is 6.36 Å². The van der Waals surface area contributed by atoms with Crippen LogP contribution in [0.25, 0.3) is 0 Å². The molecule has 0 aliphatic carbocycles. The standard InChI is InChI=1S/C3H5FNO2/c1-3(4)7-5-2-6/h3H,1H3,(H,5,6). The van der Waals surface area contributed by atoms with Gasteiger partial charge in [0.2, 0.25) is 6.36 Å². The van der Waals surface area contributed by atoms with Crippen LogP contribution in [-0.4, -0.2) is 12.8 Å². The number of amides is 1. The van der Waals surface area contributed by atoms with Crippen LogP contribution in [0.3, 0.4) is 0 Å². The van der Waals surface area contributed by atoms with Crippen molar-refractivity contribution in [2.45, 2.75) is 13.3 Å². The molecule has 0 aliphatic rings. The Balaban J connectivity index is 2.81. The summed E-state index contributed by atoms with van der Waals surface area (Å²) in [7, 11) is 0. The fraction of sp³-hybridized carbons (Fsp3) is 0.667.